The number of thioether (sulfide) groups is 1. The van der Waals surface area contributed by atoms with Crippen LogP contribution in [0.25, 0.3) is 22.9 Å². The van der Waals surface area contributed by atoms with Gasteiger partial charge in [0.05, 0.1) is 18.2 Å². The lowest BCUT2D eigenvalue weighted by Crippen LogP contribution is -2.11. The maximum absolute atomic E-state index is 6.02. The molecule has 0 saturated heterocycles. The van der Waals surface area contributed by atoms with E-state index in [0.717, 1.165) is 5.56 Å². The highest BCUT2D eigenvalue weighted by Gasteiger charge is 2.15. The molecule has 3 aromatic heterocycles. The van der Waals surface area contributed by atoms with Crippen LogP contribution < -0.4 is 5.84 Å². The molecular formula is C16H12ClN5O2S. The van der Waals surface area contributed by atoms with E-state index in [1.54, 1.807) is 24.6 Å². The van der Waals surface area contributed by atoms with E-state index in [2.05, 4.69) is 15.2 Å². The van der Waals surface area contributed by atoms with Gasteiger partial charge in [-0.15, -0.1) is 10.2 Å². The number of furan rings is 1. The molecule has 0 fully saturated rings. The van der Waals surface area contributed by atoms with Crippen molar-refractivity contribution < 1.29 is 8.83 Å². The Morgan fingerprint density at radius 3 is 2.88 bits per heavy atom. The SMILES string of the molecule is Nn1c(SCc2ncc(-c3cccc(Cl)c3)o2)nnc1-c1ccco1. The fourth-order valence-electron chi connectivity index (χ4n) is 2.23. The van der Waals surface area contributed by atoms with Crippen LogP contribution in [0.3, 0.4) is 0 Å². The summed E-state index contributed by atoms with van der Waals surface area (Å²) < 4.78 is 12.4. The number of oxazole rings is 1. The van der Waals surface area contributed by atoms with Crippen LogP contribution in [0.15, 0.2) is 62.8 Å². The standard InChI is InChI=1S/C16H12ClN5O2S/c17-11-4-1-3-10(7-11)13-8-19-14(24-13)9-25-16-21-20-15(22(16)18)12-5-2-6-23-12/h1-8H,9,18H2. The van der Waals surface area contributed by atoms with Gasteiger partial charge in [0, 0.05) is 10.6 Å². The fraction of sp³-hybridized carbons (Fsp3) is 0.0625. The van der Waals surface area contributed by atoms with Gasteiger partial charge < -0.3 is 14.7 Å². The number of nitrogen functional groups attached to an aromatic ring is 1. The topological polar surface area (TPSA) is 95.9 Å². The molecule has 0 bridgehead atoms. The molecule has 3 heterocycles. The highest BCUT2D eigenvalue weighted by atomic mass is 35.5. The molecule has 0 aliphatic rings. The van der Waals surface area contributed by atoms with Gasteiger partial charge in [-0.25, -0.2) is 9.66 Å². The third kappa shape index (κ3) is 3.26. The maximum Gasteiger partial charge on any atom is 0.218 e. The van der Waals surface area contributed by atoms with Crippen molar-refractivity contribution >= 4 is 23.4 Å². The van der Waals surface area contributed by atoms with Crippen LogP contribution in [0.2, 0.25) is 5.02 Å². The van der Waals surface area contributed by atoms with Gasteiger partial charge in [-0.2, -0.15) is 0 Å². The van der Waals surface area contributed by atoms with Gasteiger partial charge in [0.25, 0.3) is 0 Å². The summed E-state index contributed by atoms with van der Waals surface area (Å²) in [5, 5.41) is 9.29. The number of rotatable bonds is 5. The molecule has 1 aromatic carbocycles. The molecule has 0 aliphatic carbocycles. The molecule has 2 N–H and O–H groups in total. The van der Waals surface area contributed by atoms with Crippen molar-refractivity contribution in [2.45, 2.75) is 10.9 Å². The monoisotopic (exact) mass is 373 g/mol. The first-order chi connectivity index (χ1) is 12.2. The minimum Gasteiger partial charge on any atom is -0.461 e. The lowest BCUT2D eigenvalue weighted by molar-refractivity contribution is 0.529. The highest BCUT2D eigenvalue weighted by molar-refractivity contribution is 7.98. The van der Waals surface area contributed by atoms with Crippen molar-refractivity contribution in [2.24, 2.45) is 0 Å². The second-order valence-corrected chi connectivity index (χ2v) is 6.45. The van der Waals surface area contributed by atoms with E-state index in [9.17, 15) is 0 Å². The summed E-state index contributed by atoms with van der Waals surface area (Å²) in [6.45, 7) is 0. The summed E-state index contributed by atoms with van der Waals surface area (Å²) in [6.07, 6.45) is 3.23. The number of hydrogen-bond acceptors (Lipinski definition) is 7. The Balaban J connectivity index is 1.48. The van der Waals surface area contributed by atoms with E-state index < -0.39 is 0 Å². The molecule has 9 heteroatoms. The van der Waals surface area contributed by atoms with Crippen molar-refractivity contribution in [1.82, 2.24) is 19.9 Å². The molecule has 0 amide bonds. The highest BCUT2D eigenvalue weighted by Crippen LogP contribution is 2.27. The van der Waals surface area contributed by atoms with Gasteiger partial charge >= 0.3 is 0 Å². The van der Waals surface area contributed by atoms with E-state index in [-0.39, 0.29) is 0 Å². The summed E-state index contributed by atoms with van der Waals surface area (Å²) in [7, 11) is 0. The van der Waals surface area contributed by atoms with Crippen molar-refractivity contribution in [3.63, 3.8) is 0 Å². The minimum atomic E-state index is 0.458. The Bertz CT molecular complexity index is 996. The van der Waals surface area contributed by atoms with E-state index >= 15 is 0 Å². The van der Waals surface area contributed by atoms with Crippen LogP contribution >= 0.6 is 23.4 Å². The van der Waals surface area contributed by atoms with Gasteiger partial charge in [0.1, 0.15) is 0 Å². The number of hydrogen-bond donors (Lipinski definition) is 1. The minimum absolute atomic E-state index is 0.458. The molecule has 7 nitrogen and oxygen atoms in total. The van der Waals surface area contributed by atoms with Gasteiger partial charge in [-0.1, -0.05) is 35.5 Å². The van der Waals surface area contributed by atoms with Crippen molar-refractivity contribution in [3.8, 4) is 22.9 Å². The average molecular weight is 374 g/mol. The normalized spacial score (nSPS) is 11.1. The molecule has 0 saturated carbocycles. The van der Waals surface area contributed by atoms with E-state index in [0.29, 0.717) is 39.2 Å². The Labute approximate surface area is 151 Å². The lowest BCUT2D eigenvalue weighted by atomic mass is 10.2. The largest absolute Gasteiger partial charge is 0.461 e. The average Bonchev–Trinajstić information content (AvgIpc) is 3.34. The third-order valence-electron chi connectivity index (χ3n) is 3.39. The molecule has 0 aliphatic heterocycles. The van der Waals surface area contributed by atoms with Crippen LogP contribution in [-0.2, 0) is 5.75 Å². The second kappa shape index (κ2) is 6.66. The third-order valence-corrected chi connectivity index (χ3v) is 4.56. The number of nitrogens with two attached hydrogens (primary N) is 1. The summed E-state index contributed by atoms with van der Waals surface area (Å²) in [6, 6.07) is 10.9. The smallest absolute Gasteiger partial charge is 0.218 e. The molecule has 0 spiro atoms. The zero-order valence-corrected chi connectivity index (χ0v) is 14.4. The molecule has 126 valence electrons. The first kappa shape index (κ1) is 15.8. The molecule has 0 atom stereocenters. The lowest BCUT2D eigenvalue weighted by Gasteiger charge is -2.00. The van der Waals surface area contributed by atoms with Crippen LogP contribution in [0.4, 0.5) is 0 Å². The Morgan fingerprint density at radius 2 is 2.08 bits per heavy atom. The van der Waals surface area contributed by atoms with Gasteiger partial charge in [-0.3, -0.25) is 0 Å². The fourth-order valence-corrected chi connectivity index (χ4v) is 3.13. The number of aromatic nitrogens is 4. The number of benzene rings is 1. The predicted octanol–water partition coefficient (Wildman–Crippen LogP) is 3.85. The number of halogens is 1. The summed E-state index contributed by atoms with van der Waals surface area (Å²) in [5.41, 5.74) is 0.873. The first-order valence-corrected chi connectivity index (χ1v) is 8.65. The van der Waals surface area contributed by atoms with Crippen molar-refractivity contribution in [2.75, 3.05) is 5.84 Å². The van der Waals surface area contributed by atoms with Crippen molar-refractivity contribution in [1.29, 1.82) is 0 Å². The zero-order valence-electron chi connectivity index (χ0n) is 12.8. The predicted molar refractivity (Wildman–Crippen MR) is 94.4 cm³/mol. The Kier molecular flexibility index (Phi) is 4.21. The number of nitrogens with zero attached hydrogens (tertiary/aromatic N) is 4. The second-order valence-electron chi connectivity index (χ2n) is 5.07. The van der Waals surface area contributed by atoms with Crippen LogP contribution in [-0.4, -0.2) is 19.9 Å². The maximum atomic E-state index is 6.02. The van der Waals surface area contributed by atoms with Gasteiger partial charge in [-0.05, 0) is 24.3 Å². The molecule has 4 rings (SSSR count). The first-order valence-electron chi connectivity index (χ1n) is 7.28. The summed E-state index contributed by atoms with van der Waals surface area (Å²) in [5.74, 6) is 8.71. The summed E-state index contributed by atoms with van der Waals surface area (Å²) >= 11 is 7.37. The van der Waals surface area contributed by atoms with Gasteiger partial charge in [0.2, 0.25) is 16.9 Å². The van der Waals surface area contributed by atoms with Crippen molar-refractivity contribution in [3.05, 3.63) is 59.8 Å². The van der Waals surface area contributed by atoms with Crippen LogP contribution in [0, 0.1) is 0 Å². The molecule has 0 unspecified atom stereocenters. The molecule has 4 aromatic rings. The molecule has 0 radical (unpaired) electrons. The Hall–Kier alpha value is -2.71. The molecule has 25 heavy (non-hydrogen) atoms. The molecular weight excluding hydrogens is 362 g/mol. The Morgan fingerprint density at radius 1 is 1.16 bits per heavy atom. The summed E-state index contributed by atoms with van der Waals surface area (Å²) in [4.78, 5) is 4.28. The quantitative estimate of drug-likeness (QED) is 0.419. The van der Waals surface area contributed by atoms with Crippen LogP contribution in [0.1, 0.15) is 5.89 Å². The van der Waals surface area contributed by atoms with E-state index in [4.69, 9.17) is 26.3 Å². The van der Waals surface area contributed by atoms with Crippen LogP contribution in [0.5, 0.6) is 0 Å². The zero-order chi connectivity index (χ0) is 17.2. The van der Waals surface area contributed by atoms with E-state index in [1.165, 1.54) is 16.4 Å². The van der Waals surface area contributed by atoms with Gasteiger partial charge in [0.15, 0.2) is 11.5 Å². The van der Waals surface area contributed by atoms with E-state index in [1.807, 2.05) is 24.3 Å².